The van der Waals surface area contributed by atoms with Gasteiger partial charge in [-0.2, -0.15) is 0 Å². The van der Waals surface area contributed by atoms with E-state index in [9.17, 15) is 0 Å². The van der Waals surface area contributed by atoms with Gasteiger partial charge in [-0.25, -0.2) is 0 Å². The molecule has 1 aliphatic rings. The molecule has 2 rings (SSSR count). The Labute approximate surface area is 78.6 Å². The Balaban J connectivity index is 2.51. The Morgan fingerprint density at radius 1 is 1.17 bits per heavy atom. The molecule has 0 spiro atoms. The van der Waals surface area contributed by atoms with Gasteiger partial charge in [-0.15, -0.1) is 0 Å². The standard InChI is InChI=1S/C11H12S/c12-8-10-6-3-5-9-4-1-2-7-11(9)10/h3,5-6,8H,1-2,4,7H2. The Bertz CT molecular complexity index is 302. The summed E-state index contributed by atoms with van der Waals surface area (Å²) >= 11 is 4.98. The van der Waals surface area contributed by atoms with Crippen molar-refractivity contribution < 1.29 is 0 Å². The molecule has 62 valence electrons. The van der Waals surface area contributed by atoms with Gasteiger partial charge in [0, 0.05) is 5.37 Å². The van der Waals surface area contributed by atoms with Crippen LogP contribution in [-0.2, 0) is 12.8 Å². The Hall–Kier alpha value is -0.690. The molecule has 1 aromatic rings. The molecule has 0 nitrogen and oxygen atoms in total. The second-order valence-corrected chi connectivity index (χ2v) is 3.55. The van der Waals surface area contributed by atoms with Crippen molar-refractivity contribution in [1.82, 2.24) is 0 Å². The molecule has 1 heteroatoms. The van der Waals surface area contributed by atoms with Gasteiger partial charge in [0.25, 0.3) is 0 Å². The Kier molecular flexibility index (Phi) is 2.22. The molecular weight excluding hydrogens is 164 g/mol. The van der Waals surface area contributed by atoms with E-state index in [-0.39, 0.29) is 0 Å². The lowest BCUT2D eigenvalue weighted by molar-refractivity contribution is 0.685. The van der Waals surface area contributed by atoms with Gasteiger partial charge >= 0.3 is 0 Å². The molecule has 0 fully saturated rings. The van der Waals surface area contributed by atoms with Crippen molar-refractivity contribution in [1.29, 1.82) is 0 Å². The number of aryl methyl sites for hydroxylation is 1. The van der Waals surface area contributed by atoms with Gasteiger partial charge in [0.1, 0.15) is 0 Å². The topological polar surface area (TPSA) is 0 Å². The largest absolute Gasteiger partial charge is 0.0881 e. The fraction of sp³-hybridized carbons (Fsp3) is 0.364. The molecule has 0 bridgehead atoms. The Morgan fingerprint density at radius 2 is 2.00 bits per heavy atom. The molecule has 0 aliphatic heterocycles. The summed E-state index contributed by atoms with van der Waals surface area (Å²) in [4.78, 5) is 0. The average molecular weight is 176 g/mol. The summed E-state index contributed by atoms with van der Waals surface area (Å²) in [7, 11) is 0. The number of hydrogen-bond acceptors (Lipinski definition) is 1. The van der Waals surface area contributed by atoms with Crippen LogP contribution >= 0.6 is 12.2 Å². The number of benzene rings is 1. The first-order chi connectivity index (χ1) is 5.92. The van der Waals surface area contributed by atoms with E-state index in [4.69, 9.17) is 12.2 Å². The van der Waals surface area contributed by atoms with Gasteiger partial charge < -0.3 is 0 Å². The van der Waals surface area contributed by atoms with Crippen LogP contribution in [0.25, 0.3) is 0 Å². The number of thiocarbonyl (C=S) groups is 1. The van der Waals surface area contributed by atoms with Gasteiger partial charge in [0.05, 0.1) is 0 Å². The lowest BCUT2D eigenvalue weighted by Crippen LogP contribution is -2.05. The lowest BCUT2D eigenvalue weighted by Gasteiger charge is -2.17. The van der Waals surface area contributed by atoms with Gasteiger partial charge in [-0.1, -0.05) is 30.4 Å². The van der Waals surface area contributed by atoms with Crippen molar-refractivity contribution >= 4 is 17.6 Å². The number of hydrogen-bond donors (Lipinski definition) is 0. The van der Waals surface area contributed by atoms with Crippen LogP contribution in [0.15, 0.2) is 18.2 Å². The molecule has 0 saturated heterocycles. The predicted octanol–water partition coefficient (Wildman–Crippen LogP) is 2.91. The van der Waals surface area contributed by atoms with E-state index in [2.05, 4.69) is 18.2 Å². The zero-order chi connectivity index (χ0) is 8.39. The van der Waals surface area contributed by atoms with E-state index in [1.807, 2.05) is 5.37 Å². The van der Waals surface area contributed by atoms with Crippen LogP contribution in [0.1, 0.15) is 29.5 Å². The average Bonchev–Trinajstić information content (AvgIpc) is 2.17. The van der Waals surface area contributed by atoms with Crippen molar-refractivity contribution in [2.45, 2.75) is 25.7 Å². The van der Waals surface area contributed by atoms with Crippen molar-refractivity contribution in [2.24, 2.45) is 0 Å². The fourth-order valence-electron chi connectivity index (χ4n) is 1.92. The molecule has 0 unspecified atom stereocenters. The molecule has 0 N–H and O–H groups in total. The normalized spacial score (nSPS) is 15.3. The van der Waals surface area contributed by atoms with Crippen LogP contribution in [0.4, 0.5) is 0 Å². The maximum absolute atomic E-state index is 4.98. The van der Waals surface area contributed by atoms with E-state index in [0.29, 0.717) is 0 Å². The molecule has 0 heterocycles. The van der Waals surface area contributed by atoms with Crippen molar-refractivity contribution in [3.8, 4) is 0 Å². The smallest absolute Gasteiger partial charge is 0.00889 e. The summed E-state index contributed by atoms with van der Waals surface area (Å²) in [5, 5.41) is 1.81. The van der Waals surface area contributed by atoms with Crippen LogP contribution in [0.5, 0.6) is 0 Å². The SMILES string of the molecule is S=Cc1cccc2c1CCCC2. The monoisotopic (exact) mass is 176 g/mol. The highest BCUT2D eigenvalue weighted by atomic mass is 32.1. The highest BCUT2D eigenvalue weighted by Gasteiger charge is 2.10. The molecule has 0 atom stereocenters. The minimum absolute atomic E-state index is 1.22. The van der Waals surface area contributed by atoms with Crippen LogP contribution in [0.3, 0.4) is 0 Å². The molecule has 0 aromatic heterocycles. The predicted molar refractivity (Wildman–Crippen MR) is 55.8 cm³/mol. The van der Waals surface area contributed by atoms with E-state index in [0.717, 1.165) is 0 Å². The minimum atomic E-state index is 1.22. The van der Waals surface area contributed by atoms with E-state index in [1.165, 1.54) is 42.4 Å². The van der Waals surface area contributed by atoms with Gasteiger partial charge in [0.2, 0.25) is 0 Å². The Morgan fingerprint density at radius 3 is 2.83 bits per heavy atom. The maximum Gasteiger partial charge on any atom is 0.00889 e. The van der Waals surface area contributed by atoms with Gasteiger partial charge in [-0.05, 0) is 42.4 Å². The molecule has 0 saturated carbocycles. The van der Waals surface area contributed by atoms with Gasteiger partial charge in [0.15, 0.2) is 0 Å². The summed E-state index contributed by atoms with van der Waals surface area (Å²) in [6, 6.07) is 6.47. The molecule has 0 radical (unpaired) electrons. The van der Waals surface area contributed by atoms with Crippen LogP contribution in [0, 0.1) is 0 Å². The highest BCUT2D eigenvalue weighted by molar-refractivity contribution is 7.79. The van der Waals surface area contributed by atoms with Crippen molar-refractivity contribution in [3.63, 3.8) is 0 Å². The van der Waals surface area contributed by atoms with Crippen molar-refractivity contribution in [3.05, 3.63) is 34.9 Å². The van der Waals surface area contributed by atoms with E-state index >= 15 is 0 Å². The number of fused-ring (bicyclic) bond motifs is 1. The van der Waals surface area contributed by atoms with E-state index < -0.39 is 0 Å². The molecular formula is C11H12S. The third kappa shape index (κ3) is 1.29. The first-order valence-corrected chi connectivity index (χ1v) is 4.95. The minimum Gasteiger partial charge on any atom is -0.0881 e. The summed E-state index contributed by atoms with van der Waals surface area (Å²) in [6.45, 7) is 0. The molecule has 0 amide bonds. The second kappa shape index (κ2) is 3.36. The second-order valence-electron chi connectivity index (χ2n) is 3.31. The lowest BCUT2D eigenvalue weighted by atomic mass is 9.89. The summed E-state index contributed by atoms with van der Waals surface area (Å²) in [6.07, 6.45) is 5.13. The zero-order valence-corrected chi connectivity index (χ0v) is 7.86. The highest BCUT2D eigenvalue weighted by Crippen LogP contribution is 2.23. The van der Waals surface area contributed by atoms with Crippen LogP contribution in [-0.4, -0.2) is 5.37 Å². The molecule has 1 aromatic carbocycles. The fourth-order valence-corrected chi connectivity index (χ4v) is 2.14. The third-order valence-corrected chi connectivity index (χ3v) is 2.81. The first kappa shape index (κ1) is 7.93. The van der Waals surface area contributed by atoms with E-state index in [1.54, 1.807) is 0 Å². The summed E-state index contributed by atoms with van der Waals surface area (Å²) in [5.41, 5.74) is 4.28. The maximum atomic E-state index is 4.98. The molecule has 1 aliphatic carbocycles. The quantitative estimate of drug-likeness (QED) is 0.593. The molecule has 12 heavy (non-hydrogen) atoms. The van der Waals surface area contributed by atoms with Crippen LogP contribution < -0.4 is 0 Å². The van der Waals surface area contributed by atoms with Crippen LogP contribution in [0.2, 0.25) is 0 Å². The van der Waals surface area contributed by atoms with Gasteiger partial charge in [-0.3, -0.25) is 0 Å². The number of rotatable bonds is 1. The third-order valence-electron chi connectivity index (χ3n) is 2.56. The summed E-state index contributed by atoms with van der Waals surface area (Å²) in [5.74, 6) is 0. The van der Waals surface area contributed by atoms with Crippen molar-refractivity contribution in [2.75, 3.05) is 0 Å². The zero-order valence-electron chi connectivity index (χ0n) is 7.05. The summed E-state index contributed by atoms with van der Waals surface area (Å²) < 4.78 is 0. The first-order valence-electron chi connectivity index (χ1n) is 4.48.